The Morgan fingerprint density at radius 3 is 2.58 bits per heavy atom. The van der Waals surface area contributed by atoms with Gasteiger partial charge in [-0.3, -0.25) is 20.2 Å². The number of unbranched alkanes of at least 4 members (excludes halogenated alkanes) is 1. The molecule has 0 aliphatic heterocycles. The Kier molecular flexibility index (Phi) is 9.44. The molecule has 8 nitrogen and oxygen atoms in total. The van der Waals surface area contributed by atoms with E-state index in [-0.39, 0.29) is 10.8 Å². The monoisotopic (exact) mass is 443 g/mol. The van der Waals surface area contributed by atoms with E-state index < -0.39 is 10.8 Å². The zero-order valence-electron chi connectivity index (χ0n) is 17.4. The number of amides is 1. The van der Waals surface area contributed by atoms with Crippen LogP contribution in [0.25, 0.3) is 6.08 Å². The van der Waals surface area contributed by atoms with Crippen molar-refractivity contribution in [2.45, 2.75) is 26.3 Å². The van der Waals surface area contributed by atoms with Gasteiger partial charge in [0.1, 0.15) is 0 Å². The molecule has 1 amide bonds. The average Bonchev–Trinajstić information content (AvgIpc) is 2.77. The van der Waals surface area contributed by atoms with Crippen LogP contribution in [0.4, 0.5) is 5.69 Å². The number of carbonyl (C=O) groups is 1. The normalized spacial score (nSPS) is 10.5. The Labute approximate surface area is 186 Å². The van der Waals surface area contributed by atoms with Crippen LogP contribution in [0.5, 0.6) is 11.5 Å². The van der Waals surface area contributed by atoms with Gasteiger partial charge in [0.2, 0.25) is 5.91 Å². The van der Waals surface area contributed by atoms with Gasteiger partial charge in [0.05, 0.1) is 18.6 Å². The van der Waals surface area contributed by atoms with Crippen molar-refractivity contribution in [2.24, 2.45) is 0 Å². The van der Waals surface area contributed by atoms with Crippen molar-refractivity contribution < 1.29 is 19.2 Å². The van der Waals surface area contributed by atoms with E-state index in [1.165, 1.54) is 18.2 Å². The standard InChI is InChI=1S/C22H25N3O5S/c1-3-4-13-30-19-11-7-17(14-20(19)29-2)15-23-22(31)24-21(26)12-8-16-5-9-18(10-6-16)25(27)28/h5-12,14H,3-4,13,15H2,1-2H3,(H2,23,24,26,31)/b12-8+. The molecule has 31 heavy (non-hydrogen) atoms. The van der Waals surface area contributed by atoms with E-state index >= 15 is 0 Å². The number of nitro benzene ring substituents is 1. The fourth-order valence-corrected chi connectivity index (χ4v) is 2.70. The molecule has 0 aliphatic rings. The van der Waals surface area contributed by atoms with Gasteiger partial charge < -0.3 is 14.8 Å². The molecule has 0 heterocycles. The molecule has 2 N–H and O–H groups in total. The summed E-state index contributed by atoms with van der Waals surface area (Å²) in [6.07, 6.45) is 4.88. The van der Waals surface area contributed by atoms with E-state index in [0.29, 0.717) is 30.2 Å². The van der Waals surface area contributed by atoms with Crippen LogP contribution in [0, 0.1) is 10.1 Å². The molecule has 0 unspecified atom stereocenters. The Morgan fingerprint density at radius 1 is 1.19 bits per heavy atom. The lowest BCUT2D eigenvalue weighted by Crippen LogP contribution is -2.37. The number of nitro groups is 1. The van der Waals surface area contributed by atoms with E-state index in [2.05, 4.69) is 17.6 Å². The molecule has 0 aromatic heterocycles. The van der Waals surface area contributed by atoms with Crippen molar-refractivity contribution in [2.75, 3.05) is 13.7 Å². The summed E-state index contributed by atoms with van der Waals surface area (Å²) in [5, 5.41) is 16.4. The molecule has 0 bridgehead atoms. The van der Waals surface area contributed by atoms with Gasteiger partial charge in [-0.1, -0.05) is 19.4 Å². The van der Waals surface area contributed by atoms with Crippen LogP contribution in [-0.4, -0.2) is 29.7 Å². The highest BCUT2D eigenvalue weighted by molar-refractivity contribution is 7.80. The highest BCUT2D eigenvalue weighted by Crippen LogP contribution is 2.28. The summed E-state index contributed by atoms with van der Waals surface area (Å²) < 4.78 is 11.1. The van der Waals surface area contributed by atoms with Gasteiger partial charge in [-0.05, 0) is 60.1 Å². The summed E-state index contributed by atoms with van der Waals surface area (Å²) in [5.74, 6) is 0.913. The first-order chi connectivity index (χ1) is 14.9. The second kappa shape index (κ2) is 12.3. The van der Waals surface area contributed by atoms with E-state index in [1.807, 2.05) is 18.2 Å². The smallest absolute Gasteiger partial charge is 0.269 e. The Hall–Kier alpha value is -3.46. The van der Waals surface area contributed by atoms with Crippen molar-refractivity contribution >= 4 is 35.0 Å². The van der Waals surface area contributed by atoms with Crippen molar-refractivity contribution in [3.05, 3.63) is 69.8 Å². The number of ether oxygens (including phenoxy) is 2. The van der Waals surface area contributed by atoms with Gasteiger partial charge in [0, 0.05) is 24.8 Å². The van der Waals surface area contributed by atoms with Crippen LogP contribution in [0.3, 0.4) is 0 Å². The van der Waals surface area contributed by atoms with Crippen molar-refractivity contribution in [3.63, 3.8) is 0 Å². The molecule has 0 spiro atoms. The molecule has 0 atom stereocenters. The highest BCUT2D eigenvalue weighted by Gasteiger charge is 2.07. The average molecular weight is 444 g/mol. The Bertz CT molecular complexity index is 945. The SMILES string of the molecule is CCCCOc1ccc(CNC(=S)NC(=O)/C=C/c2ccc([N+](=O)[O-])cc2)cc1OC. The molecule has 2 aromatic rings. The molecular formula is C22H25N3O5S. The molecule has 0 radical (unpaired) electrons. The first-order valence-electron chi connectivity index (χ1n) is 9.74. The molecule has 2 rings (SSSR count). The number of benzene rings is 2. The minimum absolute atomic E-state index is 0.0100. The first-order valence-corrected chi connectivity index (χ1v) is 10.1. The summed E-state index contributed by atoms with van der Waals surface area (Å²) in [6.45, 7) is 3.13. The zero-order valence-corrected chi connectivity index (χ0v) is 18.2. The van der Waals surface area contributed by atoms with Crippen LogP contribution in [0.15, 0.2) is 48.5 Å². The van der Waals surface area contributed by atoms with Gasteiger partial charge >= 0.3 is 0 Å². The van der Waals surface area contributed by atoms with Crippen molar-refractivity contribution in [1.82, 2.24) is 10.6 Å². The number of hydrogen-bond donors (Lipinski definition) is 2. The molecule has 2 aromatic carbocycles. The highest BCUT2D eigenvalue weighted by atomic mass is 32.1. The molecule has 0 saturated heterocycles. The quantitative estimate of drug-likeness (QED) is 0.188. The first kappa shape index (κ1) is 23.8. The van der Waals surface area contributed by atoms with Gasteiger partial charge in [-0.2, -0.15) is 0 Å². The van der Waals surface area contributed by atoms with E-state index in [9.17, 15) is 14.9 Å². The van der Waals surface area contributed by atoms with Crippen LogP contribution < -0.4 is 20.1 Å². The summed E-state index contributed by atoms with van der Waals surface area (Å²) in [4.78, 5) is 22.2. The lowest BCUT2D eigenvalue weighted by Gasteiger charge is -2.13. The third kappa shape index (κ3) is 8.06. The predicted octanol–water partition coefficient (Wildman–Crippen LogP) is 3.99. The van der Waals surface area contributed by atoms with E-state index in [1.54, 1.807) is 25.3 Å². The lowest BCUT2D eigenvalue weighted by molar-refractivity contribution is -0.384. The number of methoxy groups -OCH3 is 1. The summed E-state index contributed by atoms with van der Waals surface area (Å²) >= 11 is 5.16. The Morgan fingerprint density at radius 2 is 1.94 bits per heavy atom. The molecular weight excluding hydrogens is 418 g/mol. The maximum atomic E-state index is 12.0. The predicted molar refractivity (Wildman–Crippen MR) is 123 cm³/mol. The Balaban J connectivity index is 1.84. The second-order valence-corrected chi connectivity index (χ2v) is 6.95. The largest absolute Gasteiger partial charge is 0.493 e. The number of nitrogens with one attached hydrogen (secondary N) is 2. The lowest BCUT2D eigenvalue weighted by atomic mass is 10.2. The van der Waals surface area contributed by atoms with Crippen molar-refractivity contribution in [1.29, 1.82) is 0 Å². The topological polar surface area (TPSA) is 103 Å². The molecule has 9 heteroatoms. The van der Waals surface area contributed by atoms with Gasteiger partial charge in [-0.15, -0.1) is 0 Å². The summed E-state index contributed by atoms with van der Waals surface area (Å²) in [6, 6.07) is 11.5. The van der Waals surface area contributed by atoms with E-state index in [4.69, 9.17) is 21.7 Å². The van der Waals surface area contributed by atoms with Gasteiger partial charge in [0.15, 0.2) is 16.6 Å². The van der Waals surface area contributed by atoms with Gasteiger partial charge in [0.25, 0.3) is 5.69 Å². The fourth-order valence-electron chi connectivity index (χ4n) is 2.53. The number of hydrogen-bond acceptors (Lipinski definition) is 6. The summed E-state index contributed by atoms with van der Waals surface area (Å²) in [7, 11) is 1.58. The minimum Gasteiger partial charge on any atom is -0.493 e. The fraction of sp³-hybridized carbons (Fsp3) is 0.273. The van der Waals surface area contributed by atoms with Crippen LogP contribution in [0.1, 0.15) is 30.9 Å². The third-order valence-corrected chi connectivity index (χ3v) is 4.45. The number of rotatable bonds is 10. The number of non-ortho nitro benzene ring substituents is 1. The van der Waals surface area contributed by atoms with Crippen LogP contribution in [0.2, 0.25) is 0 Å². The van der Waals surface area contributed by atoms with E-state index in [0.717, 1.165) is 18.4 Å². The molecule has 0 aliphatic carbocycles. The summed E-state index contributed by atoms with van der Waals surface area (Å²) in [5.41, 5.74) is 1.56. The third-order valence-electron chi connectivity index (χ3n) is 4.20. The molecule has 0 saturated carbocycles. The maximum absolute atomic E-state index is 12.0. The number of thiocarbonyl (C=S) groups is 1. The zero-order chi connectivity index (χ0) is 22.6. The van der Waals surface area contributed by atoms with Gasteiger partial charge in [-0.25, -0.2) is 0 Å². The van der Waals surface area contributed by atoms with Crippen molar-refractivity contribution in [3.8, 4) is 11.5 Å². The van der Waals surface area contributed by atoms with Crippen LogP contribution >= 0.6 is 12.2 Å². The second-order valence-electron chi connectivity index (χ2n) is 6.54. The molecule has 164 valence electrons. The molecule has 0 fully saturated rings. The maximum Gasteiger partial charge on any atom is 0.269 e. The van der Waals surface area contributed by atoms with Crippen LogP contribution in [-0.2, 0) is 11.3 Å². The minimum atomic E-state index is -0.479. The number of carbonyl (C=O) groups excluding carboxylic acids is 1. The number of nitrogens with zero attached hydrogens (tertiary/aromatic N) is 1.